The first-order valence-corrected chi connectivity index (χ1v) is 11.4. The van der Waals surface area contributed by atoms with Gasteiger partial charge in [0.25, 0.3) is 5.91 Å². The van der Waals surface area contributed by atoms with Crippen LogP contribution in [0.25, 0.3) is 0 Å². The molecule has 0 bridgehead atoms. The van der Waals surface area contributed by atoms with E-state index >= 15 is 0 Å². The maximum Gasteiger partial charge on any atom is 0.286 e. The second-order valence-corrected chi connectivity index (χ2v) is 9.03. The van der Waals surface area contributed by atoms with Crippen molar-refractivity contribution in [3.63, 3.8) is 0 Å². The minimum absolute atomic E-state index is 0.278. The first kappa shape index (κ1) is 21.7. The van der Waals surface area contributed by atoms with Gasteiger partial charge in [-0.1, -0.05) is 60.5 Å². The Bertz CT molecular complexity index is 1250. The number of benzene rings is 3. The highest BCUT2D eigenvalue weighted by Crippen LogP contribution is 2.42. The van der Waals surface area contributed by atoms with Gasteiger partial charge in [0.2, 0.25) is 0 Å². The Kier molecular flexibility index (Phi) is 5.72. The van der Waals surface area contributed by atoms with Crippen LogP contribution in [-0.4, -0.2) is 18.2 Å². The standard InChI is InChI=1S/C25H21Cl2FN4O/c1-15-23(25(33)30-31-13-12-16-4-2-3-5-21(16)31)29-32(22-11-8-18(26)14-20(22)27)24(15)17-6-9-19(28)10-7-17/h2-11,14-15,24H,12-13H2,1H3,(H,30,33)/t15?,24-/m1/s1. The first-order chi connectivity index (χ1) is 15.9. The summed E-state index contributed by atoms with van der Waals surface area (Å²) < 4.78 is 13.6. The molecular formula is C25H21Cl2FN4O. The number of carbonyl (C=O) groups excluding carboxylic acids is 1. The predicted molar refractivity (Wildman–Crippen MR) is 130 cm³/mol. The minimum Gasteiger partial charge on any atom is -0.285 e. The second-order valence-electron chi connectivity index (χ2n) is 8.18. The van der Waals surface area contributed by atoms with Crippen molar-refractivity contribution in [2.45, 2.75) is 19.4 Å². The molecule has 0 saturated heterocycles. The maximum atomic E-state index is 13.6. The summed E-state index contributed by atoms with van der Waals surface area (Å²) in [6, 6.07) is 19.0. The van der Waals surface area contributed by atoms with Crippen LogP contribution in [-0.2, 0) is 11.2 Å². The van der Waals surface area contributed by atoms with Gasteiger partial charge in [-0.05, 0) is 53.9 Å². The van der Waals surface area contributed by atoms with Gasteiger partial charge in [0, 0.05) is 17.5 Å². The Morgan fingerprint density at radius 2 is 1.82 bits per heavy atom. The Balaban J connectivity index is 1.49. The van der Waals surface area contributed by atoms with Crippen LogP contribution in [0.3, 0.4) is 0 Å². The normalized spacial score (nSPS) is 19.5. The van der Waals surface area contributed by atoms with Crippen LogP contribution in [0.5, 0.6) is 0 Å². The molecule has 3 aromatic rings. The maximum absolute atomic E-state index is 13.6. The van der Waals surface area contributed by atoms with Crippen LogP contribution in [0.4, 0.5) is 15.8 Å². The number of nitrogens with zero attached hydrogens (tertiary/aromatic N) is 3. The van der Waals surface area contributed by atoms with E-state index in [1.165, 1.54) is 17.7 Å². The van der Waals surface area contributed by atoms with Gasteiger partial charge in [0.1, 0.15) is 11.5 Å². The van der Waals surface area contributed by atoms with E-state index in [-0.39, 0.29) is 23.7 Å². The van der Waals surface area contributed by atoms with Crippen LogP contribution in [0, 0.1) is 11.7 Å². The lowest BCUT2D eigenvalue weighted by molar-refractivity contribution is -0.115. The van der Waals surface area contributed by atoms with Gasteiger partial charge in [-0.2, -0.15) is 5.10 Å². The molecule has 0 saturated carbocycles. The highest BCUT2D eigenvalue weighted by atomic mass is 35.5. The Morgan fingerprint density at radius 1 is 1.06 bits per heavy atom. The van der Waals surface area contributed by atoms with E-state index in [1.54, 1.807) is 35.3 Å². The smallest absolute Gasteiger partial charge is 0.285 e. The number of hydrazone groups is 1. The second kappa shape index (κ2) is 8.69. The van der Waals surface area contributed by atoms with Crippen molar-refractivity contribution in [2.75, 3.05) is 16.6 Å². The third-order valence-corrected chi connectivity index (χ3v) is 6.65. The molecule has 2 atom stereocenters. The van der Waals surface area contributed by atoms with Crippen molar-refractivity contribution in [1.29, 1.82) is 0 Å². The molecule has 5 rings (SSSR count). The number of para-hydroxylation sites is 1. The van der Waals surface area contributed by atoms with E-state index in [9.17, 15) is 9.18 Å². The van der Waals surface area contributed by atoms with Gasteiger partial charge in [0.05, 0.1) is 22.4 Å². The number of hydrogen-bond donors (Lipinski definition) is 1. The number of halogens is 3. The summed E-state index contributed by atoms with van der Waals surface area (Å²) in [4.78, 5) is 13.3. The summed E-state index contributed by atoms with van der Waals surface area (Å²) in [6.07, 6.45) is 0.864. The van der Waals surface area contributed by atoms with E-state index in [0.717, 1.165) is 17.7 Å². The number of hydrazine groups is 1. The monoisotopic (exact) mass is 482 g/mol. The molecule has 0 aromatic heterocycles. The number of carbonyl (C=O) groups is 1. The highest BCUT2D eigenvalue weighted by molar-refractivity contribution is 6.41. The zero-order chi connectivity index (χ0) is 23.1. The molecule has 2 aliphatic heterocycles. The highest BCUT2D eigenvalue weighted by Gasteiger charge is 2.40. The molecule has 8 heteroatoms. The van der Waals surface area contributed by atoms with Crippen LogP contribution >= 0.6 is 23.2 Å². The first-order valence-electron chi connectivity index (χ1n) is 10.7. The largest absolute Gasteiger partial charge is 0.286 e. The molecule has 168 valence electrons. The lowest BCUT2D eigenvalue weighted by Gasteiger charge is -2.27. The van der Waals surface area contributed by atoms with Crippen LogP contribution in [0.2, 0.25) is 10.0 Å². The molecule has 1 unspecified atom stereocenters. The van der Waals surface area contributed by atoms with Gasteiger partial charge in [-0.3, -0.25) is 20.2 Å². The van der Waals surface area contributed by atoms with Crippen molar-refractivity contribution in [3.05, 3.63) is 93.7 Å². The summed E-state index contributed by atoms with van der Waals surface area (Å²) in [7, 11) is 0. The summed E-state index contributed by atoms with van der Waals surface area (Å²) in [5.41, 5.74) is 7.01. The van der Waals surface area contributed by atoms with Crippen molar-refractivity contribution in [1.82, 2.24) is 5.43 Å². The SMILES string of the molecule is CC1C(C(=O)NN2CCc3ccccc32)=NN(c2ccc(Cl)cc2Cl)[C@H]1c1ccc(F)cc1. The molecule has 2 aliphatic rings. The third-order valence-electron chi connectivity index (χ3n) is 6.11. The van der Waals surface area contributed by atoms with E-state index in [0.29, 0.717) is 28.0 Å². The fraction of sp³-hybridized carbons (Fsp3) is 0.200. The van der Waals surface area contributed by atoms with E-state index < -0.39 is 0 Å². The number of anilines is 2. The number of hydrogen-bond acceptors (Lipinski definition) is 4. The minimum atomic E-state index is -0.337. The predicted octanol–water partition coefficient (Wildman–Crippen LogP) is 5.78. The molecule has 2 heterocycles. The molecule has 3 aromatic carbocycles. The van der Waals surface area contributed by atoms with Crippen molar-refractivity contribution < 1.29 is 9.18 Å². The van der Waals surface area contributed by atoms with Gasteiger partial charge < -0.3 is 0 Å². The van der Waals surface area contributed by atoms with Crippen molar-refractivity contribution in [2.24, 2.45) is 11.0 Å². The van der Waals surface area contributed by atoms with Crippen molar-refractivity contribution >= 4 is 46.2 Å². The fourth-order valence-corrected chi connectivity index (χ4v) is 4.97. The molecular weight excluding hydrogens is 462 g/mol. The average Bonchev–Trinajstić information content (AvgIpc) is 3.36. The van der Waals surface area contributed by atoms with E-state index in [4.69, 9.17) is 28.3 Å². The van der Waals surface area contributed by atoms with Crippen LogP contribution in [0.15, 0.2) is 71.8 Å². The number of fused-ring (bicyclic) bond motifs is 1. The molecule has 33 heavy (non-hydrogen) atoms. The quantitative estimate of drug-likeness (QED) is 0.512. The third kappa shape index (κ3) is 4.05. The zero-order valence-electron chi connectivity index (χ0n) is 17.8. The Hall–Kier alpha value is -3.09. The number of amides is 1. The average molecular weight is 483 g/mol. The van der Waals surface area contributed by atoms with Gasteiger partial charge in [-0.15, -0.1) is 0 Å². The molecule has 1 N–H and O–H groups in total. The van der Waals surface area contributed by atoms with Crippen molar-refractivity contribution in [3.8, 4) is 0 Å². The lowest BCUT2D eigenvalue weighted by Crippen LogP contribution is -2.45. The summed E-state index contributed by atoms with van der Waals surface area (Å²) in [5.74, 6) is -0.883. The fourth-order valence-electron chi connectivity index (χ4n) is 4.48. The van der Waals surface area contributed by atoms with Gasteiger partial charge in [-0.25, -0.2) is 4.39 Å². The molecule has 5 nitrogen and oxygen atoms in total. The lowest BCUT2D eigenvalue weighted by atomic mass is 9.91. The molecule has 0 radical (unpaired) electrons. The van der Waals surface area contributed by atoms with Crippen LogP contribution < -0.4 is 15.4 Å². The zero-order valence-corrected chi connectivity index (χ0v) is 19.3. The summed E-state index contributed by atoms with van der Waals surface area (Å²) in [6.45, 7) is 2.63. The topological polar surface area (TPSA) is 47.9 Å². The van der Waals surface area contributed by atoms with Gasteiger partial charge >= 0.3 is 0 Å². The van der Waals surface area contributed by atoms with Crippen LogP contribution in [0.1, 0.15) is 24.1 Å². The number of nitrogens with one attached hydrogen (secondary N) is 1. The van der Waals surface area contributed by atoms with Gasteiger partial charge in [0.15, 0.2) is 0 Å². The Labute approximate surface area is 201 Å². The molecule has 0 fully saturated rings. The summed E-state index contributed by atoms with van der Waals surface area (Å²) in [5, 5.41) is 9.20. The Morgan fingerprint density at radius 3 is 2.58 bits per heavy atom. The number of rotatable bonds is 4. The van der Waals surface area contributed by atoms with E-state index in [1.807, 2.05) is 30.1 Å². The van der Waals surface area contributed by atoms with E-state index in [2.05, 4.69) is 11.5 Å². The molecule has 0 aliphatic carbocycles. The summed E-state index contributed by atoms with van der Waals surface area (Å²) >= 11 is 12.6. The molecule has 0 spiro atoms. The molecule has 1 amide bonds.